The lowest BCUT2D eigenvalue weighted by Gasteiger charge is -2.50. The van der Waals surface area contributed by atoms with Crippen LogP contribution in [0.5, 0.6) is 0 Å². The van der Waals surface area contributed by atoms with E-state index in [0.717, 1.165) is 36.5 Å². The number of anilines is 1. The van der Waals surface area contributed by atoms with E-state index in [1.165, 1.54) is 19.8 Å². The summed E-state index contributed by atoms with van der Waals surface area (Å²) in [5.41, 5.74) is 3.32. The van der Waals surface area contributed by atoms with Gasteiger partial charge in [-0.15, -0.1) is 0 Å². The molecule has 1 N–H and O–H groups in total. The Morgan fingerprint density at radius 3 is 2.44 bits per heavy atom. The lowest BCUT2D eigenvalue weighted by molar-refractivity contribution is -0.171. The Bertz CT molecular complexity index is 1370. The SMILES string of the molecule is CC[C@@]1(C[C@H]2[C@@H](C(=O)OC)C(C(=O)OC)=C3Nc4ccccc4[C@]34CCN(Cc3ccccc3)[C@H]24)COC(C)(C)O1. The van der Waals surface area contributed by atoms with E-state index in [4.69, 9.17) is 18.9 Å². The Kier molecular flexibility index (Phi) is 6.99. The van der Waals surface area contributed by atoms with Gasteiger partial charge in [0.25, 0.3) is 0 Å². The van der Waals surface area contributed by atoms with Gasteiger partial charge in [0, 0.05) is 30.5 Å². The zero-order valence-electron chi connectivity index (χ0n) is 24.6. The molecule has 3 heterocycles. The van der Waals surface area contributed by atoms with Gasteiger partial charge >= 0.3 is 11.9 Å². The number of nitrogens with one attached hydrogen (secondary N) is 1. The second kappa shape index (κ2) is 10.3. The van der Waals surface area contributed by atoms with Crippen LogP contribution >= 0.6 is 0 Å². The third kappa shape index (κ3) is 4.39. The molecule has 1 aliphatic carbocycles. The first-order valence-corrected chi connectivity index (χ1v) is 14.6. The molecule has 8 heteroatoms. The molecule has 218 valence electrons. The maximum atomic E-state index is 13.8. The fraction of sp³-hybridized carbons (Fsp3) is 0.515. The van der Waals surface area contributed by atoms with Gasteiger partial charge in [-0.1, -0.05) is 55.5 Å². The summed E-state index contributed by atoms with van der Waals surface area (Å²) in [4.78, 5) is 30.0. The van der Waals surface area contributed by atoms with Crippen LogP contribution in [0.1, 0.15) is 51.2 Å². The first kappa shape index (κ1) is 27.9. The maximum absolute atomic E-state index is 13.8. The highest BCUT2D eigenvalue weighted by Crippen LogP contribution is 2.62. The molecule has 2 aromatic carbocycles. The number of benzene rings is 2. The molecule has 2 aromatic rings. The van der Waals surface area contributed by atoms with Crippen molar-refractivity contribution in [2.24, 2.45) is 11.8 Å². The van der Waals surface area contributed by atoms with E-state index in [9.17, 15) is 9.59 Å². The van der Waals surface area contributed by atoms with Gasteiger partial charge in [0.05, 0.1) is 43.3 Å². The molecule has 1 spiro atoms. The van der Waals surface area contributed by atoms with Crippen molar-refractivity contribution in [1.29, 1.82) is 0 Å². The van der Waals surface area contributed by atoms with Gasteiger partial charge in [-0.25, -0.2) is 4.79 Å². The number of methoxy groups -OCH3 is 2. The number of carbonyl (C=O) groups excluding carboxylic acids is 2. The fourth-order valence-electron chi connectivity index (χ4n) is 8.06. The number of carbonyl (C=O) groups is 2. The van der Waals surface area contributed by atoms with Crippen molar-refractivity contribution < 1.29 is 28.5 Å². The first-order chi connectivity index (χ1) is 19.7. The van der Waals surface area contributed by atoms with Crippen molar-refractivity contribution in [1.82, 2.24) is 4.90 Å². The van der Waals surface area contributed by atoms with E-state index in [0.29, 0.717) is 25.0 Å². The summed E-state index contributed by atoms with van der Waals surface area (Å²) in [7, 11) is 2.77. The average Bonchev–Trinajstić information content (AvgIpc) is 3.63. The standard InChI is InChI=1S/C33H40N2O6/c1-6-32(20-40-31(2,3)41-32)18-22-25(29(36)38-4)26(30(37)39-5)27-33(23-14-10-11-15-24(23)34-27)16-17-35(28(22)33)19-21-12-8-7-9-13-21/h7-15,22,25,28,34H,6,16-20H2,1-5H3/t22-,25+,28+,32+,33+/m0/s1. The van der Waals surface area contributed by atoms with Gasteiger partial charge in [-0.2, -0.15) is 0 Å². The molecule has 0 unspecified atom stereocenters. The topological polar surface area (TPSA) is 86.3 Å². The summed E-state index contributed by atoms with van der Waals surface area (Å²) >= 11 is 0. The fourth-order valence-corrected chi connectivity index (χ4v) is 8.06. The second-order valence-corrected chi connectivity index (χ2v) is 12.3. The lowest BCUT2D eigenvalue weighted by Crippen LogP contribution is -2.58. The lowest BCUT2D eigenvalue weighted by atomic mass is 9.57. The van der Waals surface area contributed by atoms with E-state index in [1.807, 2.05) is 32.0 Å². The van der Waals surface area contributed by atoms with Crippen molar-refractivity contribution in [3.8, 4) is 0 Å². The zero-order chi connectivity index (χ0) is 29.0. The highest BCUT2D eigenvalue weighted by atomic mass is 16.8. The van der Waals surface area contributed by atoms with Gasteiger partial charge in [-0.05, 0) is 56.2 Å². The van der Waals surface area contributed by atoms with Crippen LogP contribution in [-0.4, -0.2) is 61.6 Å². The second-order valence-electron chi connectivity index (χ2n) is 12.3. The third-order valence-electron chi connectivity index (χ3n) is 9.71. The molecular weight excluding hydrogens is 520 g/mol. The smallest absolute Gasteiger partial charge is 0.336 e. The van der Waals surface area contributed by atoms with Crippen molar-refractivity contribution in [3.63, 3.8) is 0 Å². The molecule has 3 aliphatic heterocycles. The molecule has 0 amide bonds. The molecule has 5 atom stereocenters. The third-order valence-corrected chi connectivity index (χ3v) is 9.71. The predicted molar refractivity (Wildman–Crippen MR) is 154 cm³/mol. The molecule has 0 radical (unpaired) electrons. The number of hydrogen-bond donors (Lipinski definition) is 1. The van der Waals surface area contributed by atoms with E-state index >= 15 is 0 Å². The molecule has 0 saturated carbocycles. The number of rotatable bonds is 7. The van der Waals surface area contributed by atoms with Crippen LogP contribution < -0.4 is 5.32 Å². The van der Waals surface area contributed by atoms with Gasteiger partial charge in [0.1, 0.15) is 0 Å². The monoisotopic (exact) mass is 560 g/mol. The normalized spacial score (nSPS) is 31.7. The van der Waals surface area contributed by atoms with Crippen LogP contribution in [0.25, 0.3) is 0 Å². The minimum absolute atomic E-state index is 0.109. The van der Waals surface area contributed by atoms with Crippen LogP contribution in [0.15, 0.2) is 65.9 Å². The van der Waals surface area contributed by atoms with Crippen molar-refractivity contribution in [2.45, 2.75) is 69.4 Å². The first-order valence-electron chi connectivity index (χ1n) is 14.6. The van der Waals surface area contributed by atoms with Crippen molar-refractivity contribution in [2.75, 3.05) is 32.7 Å². The van der Waals surface area contributed by atoms with Crippen LogP contribution in [0.3, 0.4) is 0 Å². The average molecular weight is 561 g/mol. The van der Waals surface area contributed by atoms with Crippen molar-refractivity contribution in [3.05, 3.63) is 77.0 Å². The number of fused-ring (bicyclic) bond motifs is 1. The highest BCUT2D eigenvalue weighted by Gasteiger charge is 2.66. The molecule has 4 aliphatic rings. The highest BCUT2D eigenvalue weighted by molar-refractivity contribution is 5.99. The van der Waals surface area contributed by atoms with Gasteiger partial charge in [-0.3, -0.25) is 9.69 Å². The zero-order valence-corrected chi connectivity index (χ0v) is 24.6. The molecule has 6 rings (SSSR count). The van der Waals surface area contributed by atoms with Crippen molar-refractivity contribution >= 4 is 17.6 Å². The quantitative estimate of drug-likeness (QED) is 0.484. The summed E-state index contributed by atoms with van der Waals surface area (Å²) in [6.07, 6.45) is 2.04. The Morgan fingerprint density at radius 1 is 1.05 bits per heavy atom. The summed E-state index contributed by atoms with van der Waals surface area (Å²) in [6.45, 7) is 7.90. The van der Waals surface area contributed by atoms with E-state index in [2.05, 4.69) is 53.5 Å². The molecule has 0 bridgehead atoms. The Morgan fingerprint density at radius 2 is 1.78 bits per heavy atom. The number of esters is 2. The van der Waals surface area contributed by atoms with E-state index < -0.39 is 34.7 Å². The Labute approximate surface area is 242 Å². The van der Waals surface area contributed by atoms with Gasteiger partial charge < -0.3 is 24.3 Å². The number of nitrogens with zero attached hydrogens (tertiary/aromatic N) is 1. The molecule has 41 heavy (non-hydrogen) atoms. The minimum atomic E-state index is -0.838. The van der Waals surface area contributed by atoms with E-state index in [-0.39, 0.29) is 12.0 Å². The minimum Gasteiger partial charge on any atom is -0.469 e. The molecular formula is C33H40N2O6. The van der Waals surface area contributed by atoms with Gasteiger partial charge in [0.2, 0.25) is 0 Å². The van der Waals surface area contributed by atoms with Crippen LogP contribution in [0.4, 0.5) is 5.69 Å². The van der Waals surface area contributed by atoms with Crippen LogP contribution in [-0.2, 0) is 40.5 Å². The molecule has 2 saturated heterocycles. The number of likely N-dealkylation sites (tertiary alicyclic amines) is 1. The van der Waals surface area contributed by atoms with Crippen LogP contribution in [0.2, 0.25) is 0 Å². The largest absolute Gasteiger partial charge is 0.469 e. The number of ether oxygens (including phenoxy) is 4. The van der Waals surface area contributed by atoms with Gasteiger partial charge in [0.15, 0.2) is 5.79 Å². The summed E-state index contributed by atoms with van der Waals surface area (Å²) in [5, 5.41) is 3.60. The predicted octanol–water partition coefficient (Wildman–Crippen LogP) is 4.79. The summed E-state index contributed by atoms with van der Waals surface area (Å²) in [6, 6.07) is 18.6. The molecule has 0 aromatic heterocycles. The summed E-state index contributed by atoms with van der Waals surface area (Å²) < 4.78 is 23.5. The van der Waals surface area contributed by atoms with E-state index in [1.54, 1.807) is 0 Å². The van der Waals surface area contributed by atoms with Crippen LogP contribution in [0, 0.1) is 11.8 Å². The number of para-hydroxylation sites is 1. The number of hydrogen-bond acceptors (Lipinski definition) is 8. The molecule has 2 fully saturated rings. The maximum Gasteiger partial charge on any atom is 0.336 e. The summed E-state index contributed by atoms with van der Waals surface area (Å²) in [5.74, 6) is -2.83. The Hall–Kier alpha value is -3.20. The Balaban J connectivity index is 1.58. The molecule has 8 nitrogen and oxygen atoms in total.